The van der Waals surface area contributed by atoms with Crippen molar-refractivity contribution in [3.05, 3.63) is 35.1 Å². The Hall–Kier alpha value is -0.580. The maximum Gasteiger partial charge on any atom is 0.419 e. The lowest BCUT2D eigenvalue weighted by Crippen LogP contribution is -2.08. The first-order valence-electron chi connectivity index (χ1n) is 4.36. The number of hydrogen-bond donors (Lipinski definition) is 0. The maximum absolute atomic E-state index is 13.0. The highest BCUT2D eigenvalue weighted by molar-refractivity contribution is 9.09. The van der Waals surface area contributed by atoms with Gasteiger partial charge in [0.1, 0.15) is 5.82 Å². The van der Waals surface area contributed by atoms with E-state index in [1.54, 1.807) is 0 Å². The van der Waals surface area contributed by atoms with Crippen LogP contribution in [-0.4, -0.2) is 5.33 Å². The van der Waals surface area contributed by atoms with Gasteiger partial charge < -0.3 is 0 Å². The zero-order chi connectivity index (χ0) is 11.5. The minimum atomic E-state index is -4.61. The summed E-state index contributed by atoms with van der Waals surface area (Å²) in [6, 6.07) is 3.05. The predicted octanol–water partition coefficient (Wildman–Crippen LogP) is 4.17. The Balaban J connectivity index is 2.89. The van der Waals surface area contributed by atoms with Gasteiger partial charge in [0.05, 0.1) is 5.56 Å². The van der Waals surface area contributed by atoms with E-state index in [1.165, 1.54) is 6.07 Å². The summed E-state index contributed by atoms with van der Waals surface area (Å²) in [6.45, 7) is 0. The fraction of sp³-hybridized carbons (Fsp3) is 0.400. The van der Waals surface area contributed by atoms with E-state index < -0.39 is 17.6 Å². The third kappa shape index (κ3) is 3.48. The molecule has 0 nitrogen and oxygen atoms in total. The number of aryl methyl sites for hydroxylation is 1. The SMILES string of the molecule is Fc1cc(CCCBr)ccc1C(F)(F)F. The molecule has 0 aliphatic carbocycles. The second-order valence-electron chi connectivity index (χ2n) is 3.10. The number of hydrogen-bond acceptors (Lipinski definition) is 0. The third-order valence-electron chi connectivity index (χ3n) is 1.94. The minimum Gasteiger partial charge on any atom is -0.206 e. The Kier molecular flexibility index (Phi) is 4.13. The van der Waals surface area contributed by atoms with Gasteiger partial charge in [-0.2, -0.15) is 13.2 Å². The average Bonchev–Trinajstić information content (AvgIpc) is 2.12. The highest BCUT2D eigenvalue weighted by atomic mass is 79.9. The molecule has 0 unspecified atom stereocenters. The third-order valence-corrected chi connectivity index (χ3v) is 2.50. The standard InChI is InChI=1S/C10H9BrF4/c11-5-1-2-7-3-4-8(9(12)6-7)10(13,14)15/h3-4,6H,1-2,5H2. The van der Waals surface area contributed by atoms with Gasteiger partial charge in [0.2, 0.25) is 0 Å². The lowest BCUT2D eigenvalue weighted by atomic mass is 10.1. The van der Waals surface area contributed by atoms with Crippen molar-refractivity contribution in [1.82, 2.24) is 0 Å². The van der Waals surface area contributed by atoms with Crippen molar-refractivity contribution < 1.29 is 17.6 Å². The number of rotatable bonds is 3. The van der Waals surface area contributed by atoms with E-state index in [4.69, 9.17) is 0 Å². The highest BCUT2D eigenvalue weighted by Crippen LogP contribution is 2.31. The zero-order valence-corrected chi connectivity index (χ0v) is 9.33. The molecule has 0 fully saturated rings. The summed E-state index contributed by atoms with van der Waals surface area (Å²) >= 11 is 3.20. The molecule has 0 aliphatic rings. The summed E-state index contributed by atoms with van der Waals surface area (Å²) in [6.07, 6.45) is -3.27. The minimum absolute atomic E-state index is 0.570. The zero-order valence-electron chi connectivity index (χ0n) is 7.74. The molecule has 0 bridgehead atoms. The first kappa shape index (κ1) is 12.5. The second-order valence-corrected chi connectivity index (χ2v) is 3.90. The number of alkyl halides is 4. The van der Waals surface area contributed by atoms with Crippen LogP contribution >= 0.6 is 15.9 Å². The van der Waals surface area contributed by atoms with E-state index >= 15 is 0 Å². The van der Waals surface area contributed by atoms with Crippen LogP contribution < -0.4 is 0 Å². The molecule has 1 rings (SSSR count). The van der Waals surface area contributed by atoms with Crippen molar-refractivity contribution in [3.8, 4) is 0 Å². The summed E-state index contributed by atoms with van der Waals surface area (Å²) in [5, 5.41) is 0.746. The number of benzene rings is 1. The van der Waals surface area contributed by atoms with Gasteiger partial charge in [0.15, 0.2) is 0 Å². The predicted molar refractivity (Wildman–Crippen MR) is 53.5 cm³/mol. The first-order valence-corrected chi connectivity index (χ1v) is 5.49. The van der Waals surface area contributed by atoms with Gasteiger partial charge in [0.25, 0.3) is 0 Å². The van der Waals surface area contributed by atoms with E-state index in [1.807, 2.05) is 0 Å². The molecule has 0 saturated carbocycles. The first-order chi connectivity index (χ1) is 6.95. The van der Waals surface area contributed by atoms with Crippen molar-refractivity contribution >= 4 is 15.9 Å². The van der Waals surface area contributed by atoms with E-state index in [9.17, 15) is 17.6 Å². The van der Waals surface area contributed by atoms with Gasteiger partial charge in [-0.05, 0) is 30.5 Å². The summed E-state index contributed by atoms with van der Waals surface area (Å²) in [5.41, 5.74) is -0.620. The van der Waals surface area contributed by atoms with Gasteiger partial charge in [-0.15, -0.1) is 0 Å². The molecule has 0 spiro atoms. The summed E-state index contributed by atoms with van der Waals surface area (Å²) in [5.74, 6) is -1.20. The molecular weight excluding hydrogens is 276 g/mol. The van der Waals surface area contributed by atoms with Crippen molar-refractivity contribution in [2.75, 3.05) is 5.33 Å². The van der Waals surface area contributed by atoms with Crippen molar-refractivity contribution in [1.29, 1.82) is 0 Å². The van der Waals surface area contributed by atoms with Crippen LogP contribution in [0.3, 0.4) is 0 Å². The van der Waals surface area contributed by atoms with E-state index in [2.05, 4.69) is 15.9 Å². The van der Waals surface area contributed by atoms with Crippen LogP contribution in [0.5, 0.6) is 0 Å². The fourth-order valence-electron chi connectivity index (χ4n) is 1.21. The topological polar surface area (TPSA) is 0 Å². The highest BCUT2D eigenvalue weighted by Gasteiger charge is 2.33. The summed E-state index contributed by atoms with van der Waals surface area (Å²) in [7, 11) is 0. The lowest BCUT2D eigenvalue weighted by molar-refractivity contribution is -0.140. The van der Waals surface area contributed by atoms with Gasteiger partial charge in [-0.3, -0.25) is 0 Å². The van der Waals surface area contributed by atoms with Gasteiger partial charge in [0, 0.05) is 5.33 Å². The quantitative estimate of drug-likeness (QED) is 0.577. The van der Waals surface area contributed by atoms with E-state index in [-0.39, 0.29) is 0 Å². The van der Waals surface area contributed by atoms with Gasteiger partial charge in [-0.1, -0.05) is 22.0 Å². The molecule has 0 heterocycles. The molecule has 0 saturated heterocycles. The average molecular weight is 285 g/mol. The molecule has 0 aromatic heterocycles. The van der Waals surface area contributed by atoms with Crippen LogP contribution in [0.2, 0.25) is 0 Å². The molecule has 0 amide bonds. The van der Waals surface area contributed by atoms with Crippen LogP contribution in [0.15, 0.2) is 18.2 Å². The monoisotopic (exact) mass is 284 g/mol. The van der Waals surface area contributed by atoms with Crippen molar-refractivity contribution in [2.24, 2.45) is 0 Å². The smallest absolute Gasteiger partial charge is 0.206 e. The lowest BCUT2D eigenvalue weighted by Gasteiger charge is -2.08. The Labute approximate surface area is 93.4 Å². The van der Waals surface area contributed by atoms with Crippen LogP contribution in [0, 0.1) is 5.82 Å². The normalized spacial score (nSPS) is 11.8. The molecule has 15 heavy (non-hydrogen) atoms. The fourth-order valence-corrected chi connectivity index (χ4v) is 1.50. The maximum atomic E-state index is 13.0. The molecule has 0 atom stereocenters. The van der Waals surface area contributed by atoms with Crippen LogP contribution in [0.4, 0.5) is 17.6 Å². The van der Waals surface area contributed by atoms with Crippen molar-refractivity contribution in [3.63, 3.8) is 0 Å². The molecule has 1 aromatic carbocycles. The molecule has 5 heteroatoms. The van der Waals surface area contributed by atoms with E-state index in [0.717, 1.165) is 23.9 Å². The molecule has 1 aromatic rings. The molecule has 0 aliphatic heterocycles. The molecular formula is C10H9BrF4. The Morgan fingerprint density at radius 1 is 1.20 bits per heavy atom. The largest absolute Gasteiger partial charge is 0.419 e. The Morgan fingerprint density at radius 3 is 2.33 bits per heavy atom. The molecule has 84 valence electrons. The Bertz CT molecular complexity index is 333. The number of halogens is 5. The summed E-state index contributed by atoms with van der Waals surface area (Å²) < 4.78 is 49.6. The van der Waals surface area contributed by atoms with Crippen LogP contribution in [0.25, 0.3) is 0 Å². The molecule has 0 N–H and O–H groups in total. The van der Waals surface area contributed by atoms with Gasteiger partial charge in [-0.25, -0.2) is 4.39 Å². The van der Waals surface area contributed by atoms with E-state index in [0.29, 0.717) is 12.0 Å². The van der Waals surface area contributed by atoms with Crippen LogP contribution in [-0.2, 0) is 12.6 Å². The van der Waals surface area contributed by atoms with Crippen LogP contribution in [0.1, 0.15) is 17.5 Å². The van der Waals surface area contributed by atoms with Crippen molar-refractivity contribution in [2.45, 2.75) is 19.0 Å². The second kappa shape index (κ2) is 4.96. The summed E-state index contributed by atoms with van der Waals surface area (Å²) in [4.78, 5) is 0. The Morgan fingerprint density at radius 2 is 1.87 bits per heavy atom. The van der Waals surface area contributed by atoms with Gasteiger partial charge >= 0.3 is 6.18 Å². The molecule has 0 radical (unpaired) electrons.